The second-order valence-corrected chi connectivity index (χ2v) is 10.8. The number of alkyl halides is 3. The monoisotopic (exact) mass is 540 g/mol. The van der Waals surface area contributed by atoms with Crippen molar-refractivity contribution in [2.45, 2.75) is 22.8 Å². The van der Waals surface area contributed by atoms with Crippen LogP contribution in [0.1, 0.15) is 12.0 Å². The maximum atomic E-state index is 12.7. The second kappa shape index (κ2) is 10.2. The first-order valence-corrected chi connectivity index (χ1v) is 12.2. The first-order chi connectivity index (χ1) is 15.7. The van der Waals surface area contributed by atoms with Gasteiger partial charge in [0.05, 0.1) is 16.2 Å². The molecule has 0 aliphatic carbocycles. The normalized spacial score (nSPS) is 15.2. The number of benzene rings is 2. The SMILES string of the molecule is O=C(CCc1ccccc1)NC(N1CCN(c2cccc3cc(Cl)cnc23)C1=S)C(Cl)(Cl)Cl. The van der Waals surface area contributed by atoms with Gasteiger partial charge in [-0.15, -0.1) is 0 Å². The molecule has 1 atom stereocenters. The van der Waals surface area contributed by atoms with Gasteiger partial charge in [0, 0.05) is 31.1 Å². The number of aryl methyl sites for hydroxylation is 1. The number of carbonyl (C=O) groups is 1. The van der Waals surface area contributed by atoms with Gasteiger partial charge in [-0.2, -0.15) is 0 Å². The van der Waals surface area contributed by atoms with Crippen LogP contribution in [-0.4, -0.2) is 44.0 Å². The highest BCUT2D eigenvalue weighted by atomic mass is 35.6. The summed E-state index contributed by atoms with van der Waals surface area (Å²) in [7, 11) is 0. The molecule has 1 amide bonds. The summed E-state index contributed by atoms with van der Waals surface area (Å²) in [5, 5.41) is 4.76. The Morgan fingerprint density at radius 1 is 1.12 bits per heavy atom. The third-order valence-electron chi connectivity index (χ3n) is 5.39. The Morgan fingerprint density at radius 3 is 2.61 bits per heavy atom. The van der Waals surface area contributed by atoms with Crippen molar-refractivity contribution in [1.82, 2.24) is 15.2 Å². The predicted molar refractivity (Wildman–Crippen MR) is 140 cm³/mol. The summed E-state index contributed by atoms with van der Waals surface area (Å²) in [6.45, 7) is 1.03. The molecule has 3 aromatic rings. The van der Waals surface area contributed by atoms with Crippen molar-refractivity contribution in [3.05, 3.63) is 71.4 Å². The number of thiocarbonyl (C=S) groups is 1. The van der Waals surface area contributed by atoms with E-state index < -0.39 is 9.96 Å². The minimum atomic E-state index is -1.78. The van der Waals surface area contributed by atoms with Gasteiger partial charge in [0.25, 0.3) is 0 Å². The number of halogens is 4. The number of carbonyl (C=O) groups excluding carboxylic acids is 1. The van der Waals surface area contributed by atoms with Crippen LogP contribution in [0.15, 0.2) is 60.8 Å². The lowest BCUT2D eigenvalue weighted by atomic mass is 10.1. The average molecular weight is 542 g/mol. The van der Waals surface area contributed by atoms with E-state index in [1.54, 1.807) is 11.1 Å². The molecule has 1 aliphatic rings. The average Bonchev–Trinajstić information content (AvgIpc) is 3.16. The van der Waals surface area contributed by atoms with Crippen LogP contribution < -0.4 is 10.2 Å². The fourth-order valence-corrected chi connectivity index (χ4v) is 4.89. The van der Waals surface area contributed by atoms with Crippen LogP contribution >= 0.6 is 58.6 Å². The molecule has 0 radical (unpaired) electrons. The highest BCUT2D eigenvalue weighted by molar-refractivity contribution is 7.80. The van der Waals surface area contributed by atoms with Gasteiger partial charge in [-0.1, -0.05) is 88.9 Å². The maximum absolute atomic E-state index is 12.7. The van der Waals surface area contributed by atoms with Gasteiger partial charge in [-0.05, 0) is 36.3 Å². The van der Waals surface area contributed by atoms with E-state index in [4.69, 9.17) is 58.6 Å². The fraction of sp³-hybridized carbons (Fsp3) is 0.261. The number of hydrogen-bond acceptors (Lipinski definition) is 3. The first-order valence-electron chi connectivity index (χ1n) is 10.3. The highest BCUT2D eigenvalue weighted by Crippen LogP contribution is 2.36. The topological polar surface area (TPSA) is 48.5 Å². The maximum Gasteiger partial charge on any atom is 0.228 e. The molecule has 0 spiro atoms. The lowest BCUT2D eigenvalue weighted by Crippen LogP contribution is -2.56. The Bertz CT molecular complexity index is 1170. The molecule has 1 fully saturated rings. The number of anilines is 1. The quantitative estimate of drug-likeness (QED) is 0.318. The molecule has 2 heterocycles. The lowest BCUT2D eigenvalue weighted by molar-refractivity contribution is -0.122. The molecule has 1 unspecified atom stereocenters. The van der Waals surface area contributed by atoms with E-state index in [1.807, 2.05) is 59.5 Å². The number of amides is 1. The van der Waals surface area contributed by atoms with Crippen molar-refractivity contribution < 1.29 is 4.79 Å². The van der Waals surface area contributed by atoms with Crippen molar-refractivity contribution in [3.8, 4) is 0 Å². The molecule has 1 aliphatic heterocycles. The van der Waals surface area contributed by atoms with Gasteiger partial charge in [0.15, 0.2) is 11.3 Å². The number of fused-ring (bicyclic) bond motifs is 1. The van der Waals surface area contributed by atoms with Crippen molar-refractivity contribution in [3.63, 3.8) is 0 Å². The second-order valence-electron chi connectivity index (χ2n) is 7.63. The van der Waals surface area contributed by atoms with E-state index in [2.05, 4.69) is 10.3 Å². The molecular formula is C23H20Cl4N4OS. The zero-order valence-corrected chi connectivity index (χ0v) is 21.2. The van der Waals surface area contributed by atoms with Gasteiger partial charge >= 0.3 is 0 Å². The molecule has 0 saturated carbocycles. The lowest BCUT2D eigenvalue weighted by Gasteiger charge is -2.35. The van der Waals surface area contributed by atoms with E-state index >= 15 is 0 Å². The minimum Gasteiger partial charge on any atom is -0.332 e. The van der Waals surface area contributed by atoms with Crippen LogP contribution in [0.25, 0.3) is 10.9 Å². The molecule has 2 aromatic carbocycles. The van der Waals surface area contributed by atoms with Gasteiger partial charge in [-0.25, -0.2) is 0 Å². The summed E-state index contributed by atoms with van der Waals surface area (Å²) in [5.74, 6) is -0.224. The van der Waals surface area contributed by atoms with E-state index in [-0.39, 0.29) is 12.3 Å². The molecule has 33 heavy (non-hydrogen) atoms. The number of nitrogens with one attached hydrogen (secondary N) is 1. The van der Waals surface area contributed by atoms with Gasteiger partial charge in [-0.3, -0.25) is 9.78 Å². The van der Waals surface area contributed by atoms with E-state index in [0.29, 0.717) is 29.6 Å². The molecule has 1 N–H and O–H groups in total. The number of nitrogens with zero attached hydrogens (tertiary/aromatic N) is 3. The summed E-state index contributed by atoms with van der Waals surface area (Å²) in [6, 6.07) is 17.4. The van der Waals surface area contributed by atoms with Gasteiger partial charge in [0.1, 0.15) is 0 Å². The summed E-state index contributed by atoms with van der Waals surface area (Å²) >= 11 is 30.7. The van der Waals surface area contributed by atoms with E-state index in [0.717, 1.165) is 22.2 Å². The molecule has 1 saturated heterocycles. The molecule has 0 bridgehead atoms. The Hall–Kier alpha value is -1.83. The molecule has 172 valence electrons. The molecule has 1 aromatic heterocycles. The van der Waals surface area contributed by atoms with Crippen molar-refractivity contribution in [2.75, 3.05) is 18.0 Å². The third kappa shape index (κ3) is 5.64. The van der Waals surface area contributed by atoms with Crippen LogP contribution in [0.5, 0.6) is 0 Å². The van der Waals surface area contributed by atoms with Crippen LogP contribution in [0.4, 0.5) is 5.69 Å². The van der Waals surface area contributed by atoms with Crippen molar-refractivity contribution in [2.24, 2.45) is 0 Å². The molecule has 10 heteroatoms. The van der Waals surface area contributed by atoms with Gasteiger partial charge in [0.2, 0.25) is 9.70 Å². The minimum absolute atomic E-state index is 0.224. The number of pyridine rings is 1. The van der Waals surface area contributed by atoms with E-state index in [1.165, 1.54) is 0 Å². The van der Waals surface area contributed by atoms with Crippen LogP contribution in [-0.2, 0) is 11.2 Å². The zero-order valence-electron chi connectivity index (χ0n) is 17.3. The summed E-state index contributed by atoms with van der Waals surface area (Å²) < 4.78 is -1.78. The summed E-state index contributed by atoms with van der Waals surface area (Å²) in [5.41, 5.74) is 2.66. The Labute approximate surface area is 217 Å². The van der Waals surface area contributed by atoms with Crippen LogP contribution in [0.3, 0.4) is 0 Å². The summed E-state index contributed by atoms with van der Waals surface area (Å²) in [6.07, 6.45) is 1.53. The number of rotatable bonds is 6. The van der Waals surface area contributed by atoms with Crippen LogP contribution in [0.2, 0.25) is 5.02 Å². The predicted octanol–water partition coefficient (Wildman–Crippen LogP) is 5.74. The Kier molecular flexibility index (Phi) is 7.51. The van der Waals surface area contributed by atoms with E-state index in [9.17, 15) is 4.79 Å². The Morgan fingerprint density at radius 2 is 1.88 bits per heavy atom. The summed E-state index contributed by atoms with van der Waals surface area (Å²) in [4.78, 5) is 20.8. The first kappa shape index (κ1) is 24.3. The fourth-order valence-electron chi connectivity index (χ4n) is 3.82. The van der Waals surface area contributed by atoms with Crippen molar-refractivity contribution in [1.29, 1.82) is 0 Å². The number of aromatic nitrogens is 1. The molecular weight excluding hydrogens is 522 g/mol. The number of hydrogen-bond donors (Lipinski definition) is 1. The van der Waals surface area contributed by atoms with Gasteiger partial charge < -0.3 is 15.1 Å². The standard InChI is InChI=1S/C23H20Cl4N4OS/c24-17-13-16-7-4-8-18(20(16)28-14-17)30-11-12-31(22(30)33)21(23(25,26)27)29-19(32)10-9-15-5-2-1-3-6-15/h1-8,13-14,21H,9-12H2,(H,29,32). The highest BCUT2D eigenvalue weighted by Gasteiger charge is 2.43. The number of para-hydroxylation sites is 1. The molecule has 5 nitrogen and oxygen atoms in total. The largest absolute Gasteiger partial charge is 0.332 e. The Balaban J connectivity index is 1.51. The van der Waals surface area contributed by atoms with Crippen LogP contribution in [0, 0.1) is 0 Å². The zero-order chi connectivity index (χ0) is 23.6. The third-order valence-corrected chi connectivity index (χ3v) is 6.67. The molecule has 4 rings (SSSR count). The van der Waals surface area contributed by atoms with Crippen molar-refractivity contribution >= 4 is 86.2 Å². The smallest absolute Gasteiger partial charge is 0.228 e.